The van der Waals surface area contributed by atoms with Crippen molar-refractivity contribution in [3.05, 3.63) is 185 Å². The van der Waals surface area contributed by atoms with Crippen LogP contribution in [0.3, 0.4) is 0 Å². The van der Waals surface area contributed by atoms with Gasteiger partial charge in [0.25, 0.3) is 0 Å². The zero-order chi connectivity index (χ0) is 29.6. The van der Waals surface area contributed by atoms with E-state index in [1.165, 1.54) is 16.7 Å². The second-order valence-corrected chi connectivity index (χ2v) is 12.0. The van der Waals surface area contributed by atoms with Crippen molar-refractivity contribution in [3.63, 3.8) is 0 Å². The van der Waals surface area contributed by atoms with Gasteiger partial charge in [0.2, 0.25) is 0 Å². The lowest BCUT2D eigenvalue weighted by Gasteiger charge is -2.53. The van der Waals surface area contributed by atoms with Crippen LogP contribution >= 0.6 is 0 Å². The first-order chi connectivity index (χ1) is 20.9. The maximum Gasteiger partial charge on any atom is 0.173 e. The molecule has 1 heterocycles. The molecule has 7 rings (SSSR count). The van der Waals surface area contributed by atoms with Crippen LogP contribution in [0, 0.1) is 12.8 Å². The van der Waals surface area contributed by atoms with E-state index < -0.39 is 16.9 Å². The molecule has 0 aromatic heterocycles. The van der Waals surface area contributed by atoms with E-state index in [2.05, 4.69) is 141 Å². The molecule has 2 aliphatic rings. The smallest absolute Gasteiger partial charge is 0.173 e. The average Bonchev–Trinajstić information content (AvgIpc) is 3.25. The molecule has 210 valence electrons. The second kappa shape index (κ2) is 10.4. The summed E-state index contributed by atoms with van der Waals surface area (Å²) in [5, 5.41) is 0. The molecule has 0 bridgehead atoms. The lowest BCUT2D eigenvalue weighted by Crippen LogP contribution is -2.62. The van der Waals surface area contributed by atoms with Crippen molar-refractivity contribution in [2.75, 3.05) is 11.9 Å². The van der Waals surface area contributed by atoms with Gasteiger partial charge in [0.1, 0.15) is 0 Å². The van der Waals surface area contributed by atoms with Gasteiger partial charge in [-0.3, -0.25) is 4.79 Å². The Kier molecular flexibility index (Phi) is 6.51. The number of carbonyl (C=O) groups is 1. The maximum atomic E-state index is 15.2. The van der Waals surface area contributed by atoms with Gasteiger partial charge in [-0.05, 0) is 65.5 Å². The van der Waals surface area contributed by atoms with Gasteiger partial charge in [-0.15, -0.1) is 0 Å². The normalized spacial score (nSPS) is 22.6. The quantitative estimate of drug-likeness (QED) is 0.201. The van der Waals surface area contributed by atoms with Gasteiger partial charge in [0, 0.05) is 23.7 Å². The van der Waals surface area contributed by atoms with Crippen LogP contribution in [0.25, 0.3) is 11.1 Å². The third-order valence-corrected chi connectivity index (χ3v) is 9.76. The molecule has 2 nitrogen and oxygen atoms in total. The fraction of sp³-hybridized carbons (Fsp3) is 0.146. The van der Waals surface area contributed by atoms with Gasteiger partial charge in [0.15, 0.2) is 5.78 Å². The molecule has 1 aliphatic carbocycles. The van der Waals surface area contributed by atoms with E-state index in [-0.39, 0.29) is 5.78 Å². The molecule has 5 aromatic carbocycles. The Hall–Kier alpha value is -4.95. The van der Waals surface area contributed by atoms with Crippen LogP contribution in [-0.4, -0.2) is 18.4 Å². The summed E-state index contributed by atoms with van der Waals surface area (Å²) in [6.07, 6.45) is 4.66. The van der Waals surface area contributed by atoms with Gasteiger partial charge in [-0.2, -0.15) is 0 Å². The Morgan fingerprint density at radius 2 is 1.23 bits per heavy atom. The van der Waals surface area contributed by atoms with Crippen LogP contribution in [-0.2, 0) is 5.41 Å². The lowest BCUT2D eigenvalue weighted by atomic mass is 9.54. The van der Waals surface area contributed by atoms with E-state index in [9.17, 15) is 0 Å². The predicted octanol–water partition coefficient (Wildman–Crippen LogP) is 9.17. The molecule has 3 atom stereocenters. The van der Waals surface area contributed by atoms with Crippen molar-refractivity contribution >= 4 is 22.6 Å². The summed E-state index contributed by atoms with van der Waals surface area (Å²) in [5.74, 6) is -0.370. The van der Waals surface area contributed by atoms with Gasteiger partial charge < -0.3 is 4.90 Å². The first-order valence-corrected chi connectivity index (χ1v) is 15.0. The number of carbonyl (C=O) groups excluding carboxylic acids is 1. The zero-order valence-corrected chi connectivity index (χ0v) is 24.9. The number of fused-ring (bicyclic) bond motifs is 1. The molecule has 0 radical (unpaired) electrons. The molecule has 43 heavy (non-hydrogen) atoms. The number of hydrogen-bond donors (Lipinski definition) is 0. The van der Waals surface area contributed by atoms with Crippen molar-refractivity contribution in [2.24, 2.45) is 5.92 Å². The number of aryl methyl sites for hydroxylation is 1. The Morgan fingerprint density at radius 1 is 0.674 bits per heavy atom. The van der Waals surface area contributed by atoms with E-state index in [0.717, 1.165) is 33.5 Å². The summed E-state index contributed by atoms with van der Waals surface area (Å²) in [5.41, 5.74) is 8.54. The number of likely N-dealkylation sites (N-methyl/N-ethyl adjacent to an activating group) is 1. The van der Waals surface area contributed by atoms with E-state index in [1.807, 2.05) is 36.4 Å². The number of rotatable bonds is 5. The fourth-order valence-corrected chi connectivity index (χ4v) is 7.57. The minimum Gasteiger partial charge on any atom is -0.363 e. The molecule has 5 aromatic rings. The number of nitrogens with zero attached hydrogens (tertiary/aromatic N) is 1. The van der Waals surface area contributed by atoms with Crippen molar-refractivity contribution in [3.8, 4) is 0 Å². The van der Waals surface area contributed by atoms with E-state index in [1.54, 1.807) is 0 Å². The molecule has 0 amide bonds. The summed E-state index contributed by atoms with van der Waals surface area (Å²) in [6.45, 7) is 4.47. The molecule has 0 saturated carbocycles. The number of benzene rings is 5. The van der Waals surface area contributed by atoms with Gasteiger partial charge in [-0.1, -0.05) is 139 Å². The third-order valence-electron chi connectivity index (χ3n) is 9.76. The summed E-state index contributed by atoms with van der Waals surface area (Å²) < 4.78 is 0. The number of hydrogen-bond acceptors (Lipinski definition) is 2. The molecule has 1 spiro atoms. The van der Waals surface area contributed by atoms with E-state index in [0.29, 0.717) is 0 Å². The van der Waals surface area contributed by atoms with Crippen LogP contribution in [0.4, 0.5) is 5.69 Å². The molecule has 1 aliphatic heterocycles. The first-order valence-electron chi connectivity index (χ1n) is 15.0. The zero-order valence-electron chi connectivity index (χ0n) is 24.9. The van der Waals surface area contributed by atoms with Gasteiger partial charge in [0.05, 0.1) is 11.5 Å². The van der Waals surface area contributed by atoms with Crippen molar-refractivity contribution in [1.82, 2.24) is 0 Å². The lowest BCUT2D eigenvalue weighted by molar-refractivity contribution is 0.0892. The fourth-order valence-electron chi connectivity index (χ4n) is 7.57. The first kappa shape index (κ1) is 26.9. The Balaban J connectivity index is 1.62. The highest BCUT2D eigenvalue weighted by Crippen LogP contribution is 2.62. The SMILES string of the molecule is Cc1ccc([C@@]2(C)c3ccccc3N(C)[C@]23C=C(c2ccccc2)C=C(c2ccccc2)[C@H]3C(=O)c2ccccc2)cc1. The van der Waals surface area contributed by atoms with E-state index >= 15 is 4.79 Å². The second-order valence-electron chi connectivity index (χ2n) is 12.0. The van der Waals surface area contributed by atoms with Crippen molar-refractivity contribution < 1.29 is 4.79 Å². The molecule has 2 heteroatoms. The van der Waals surface area contributed by atoms with Crippen molar-refractivity contribution in [1.29, 1.82) is 0 Å². The van der Waals surface area contributed by atoms with Crippen LogP contribution in [0.2, 0.25) is 0 Å². The van der Waals surface area contributed by atoms with Crippen LogP contribution in [0.15, 0.2) is 152 Å². The highest BCUT2D eigenvalue weighted by atomic mass is 16.1. The van der Waals surface area contributed by atoms with Gasteiger partial charge in [-0.25, -0.2) is 0 Å². The van der Waals surface area contributed by atoms with Crippen LogP contribution < -0.4 is 4.90 Å². The molecular weight excluding hydrogens is 522 g/mol. The summed E-state index contributed by atoms with van der Waals surface area (Å²) in [4.78, 5) is 17.6. The average molecular weight is 558 g/mol. The monoisotopic (exact) mass is 557 g/mol. The third kappa shape index (κ3) is 4.05. The maximum absolute atomic E-state index is 15.2. The van der Waals surface area contributed by atoms with Crippen LogP contribution in [0.5, 0.6) is 0 Å². The molecule has 0 fully saturated rings. The molecule has 0 unspecified atom stereocenters. The summed E-state index contributed by atoms with van der Waals surface area (Å²) in [6, 6.07) is 48.5. The Bertz CT molecular complexity index is 1850. The van der Waals surface area contributed by atoms with Crippen LogP contribution in [0.1, 0.15) is 45.1 Å². The Labute approximate surface area is 254 Å². The molecular formula is C41H35NO. The van der Waals surface area contributed by atoms with Crippen molar-refractivity contribution in [2.45, 2.75) is 24.8 Å². The highest BCUT2D eigenvalue weighted by molar-refractivity contribution is 6.10. The summed E-state index contributed by atoms with van der Waals surface area (Å²) >= 11 is 0. The number of ketones is 1. The minimum absolute atomic E-state index is 0.122. The number of allylic oxidation sites excluding steroid dienone is 2. The Morgan fingerprint density at radius 3 is 1.88 bits per heavy atom. The number of para-hydroxylation sites is 1. The number of Topliss-reactive ketones (excluding diaryl/α,β-unsaturated/α-hetero) is 1. The molecule has 0 saturated heterocycles. The predicted molar refractivity (Wildman–Crippen MR) is 178 cm³/mol. The van der Waals surface area contributed by atoms with E-state index in [4.69, 9.17) is 0 Å². The standard InChI is InChI=1S/C41H35NO/c1-29-23-25-34(26-24-29)40(2)36-21-13-14-22-37(36)42(3)41(40)28-33(30-15-7-4-8-16-30)27-35(31-17-9-5-10-18-31)38(41)39(43)32-19-11-6-12-20-32/h4-28,38H,1-3H3/t38-,40-,41-/m0/s1. The van der Waals surface area contributed by atoms with Gasteiger partial charge >= 0.3 is 0 Å². The largest absolute Gasteiger partial charge is 0.363 e. The molecule has 0 N–H and O–H groups in total. The topological polar surface area (TPSA) is 20.3 Å². The highest BCUT2D eigenvalue weighted by Gasteiger charge is 2.64. The summed E-state index contributed by atoms with van der Waals surface area (Å²) in [7, 11) is 2.18. The number of anilines is 1. The minimum atomic E-state index is -0.760.